The SMILES string of the molecule is CNC(CN(C)C1CCN(C)CC1)c1ccc(C)cc1. The third-order valence-corrected chi connectivity index (χ3v) is 4.61. The second-order valence-corrected chi connectivity index (χ2v) is 6.23. The van der Waals surface area contributed by atoms with Crippen LogP contribution in [0.25, 0.3) is 0 Å². The van der Waals surface area contributed by atoms with Crippen molar-refractivity contribution in [2.45, 2.75) is 31.8 Å². The van der Waals surface area contributed by atoms with Gasteiger partial charge in [0.2, 0.25) is 0 Å². The van der Waals surface area contributed by atoms with Crippen molar-refractivity contribution in [1.29, 1.82) is 0 Å². The number of nitrogens with zero attached hydrogens (tertiary/aromatic N) is 2. The normalized spacial score (nSPS) is 19.4. The molecule has 1 unspecified atom stereocenters. The molecule has 0 aromatic heterocycles. The second-order valence-electron chi connectivity index (χ2n) is 6.23. The molecule has 112 valence electrons. The summed E-state index contributed by atoms with van der Waals surface area (Å²) in [4.78, 5) is 4.97. The summed E-state index contributed by atoms with van der Waals surface area (Å²) in [6.07, 6.45) is 2.58. The quantitative estimate of drug-likeness (QED) is 0.889. The Labute approximate surface area is 124 Å². The highest BCUT2D eigenvalue weighted by Gasteiger charge is 2.22. The molecule has 1 heterocycles. The first kappa shape index (κ1) is 15.5. The number of rotatable bonds is 5. The van der Waals surface area contributed by atoms with Gasteiger partial charge < -0.3 is 15.1 Å². The van der Waals surface area contributed by atoms with Crippen LogP contribution in [-0.4, -0.2) is 56.6 Å². The van der Waals surface area contributed by atoms with Gasteiger partial charge in [-0.1, -0.05) is 29.8 Å². The standard InChI is InChI=1S/C17H29N3/c1-14-5-7-15(8-6-14)17(18-2)13-20(4)16-9-11-19(3)12-10-16/h5-8,16-18H,9-13H2,1-4H3. The number of hydrogen-bond acceptors (Lipinski definition) is 3. The van der Waals surface area contributed by atoms with Gasteiger partial charge in [-0.3, -0.25) is 0 Å². The van der Waals surface area contributed by atoms with E-state index in [1.807, 2.05) is 0 Å². The van der Waals surface area contributed by atoms with Crippen LogP contribution in [0.2, 0.25) is 0 Å². The average molecular weight is 275 g/mol. The minimum absolute atomic E-state index is 0.417. The van der Waals surface area contributed by atoms with Gasteiger partial charge in [-0.25, -0.2) is 0 Å². The van der Waals surface area contributed by atoms with Crippen LogP contribution < -0.4 is 5.32 Å². The highest BCUT2D eigenvalue weighted by Crippen LogP contribution is 2.19. The van der Waals surface area contributed by atoms with Crippen molar-refractivity contribution >= 4 is 0 Å². The van der Waals surface area contributed by atoms with Gasteiger partial charge >= 0.3 is 0 Å². The predicted octanol–water partition coefficient (Wildman–Crippen LogP) is 2.28. The molecule has 0 radical (unpaired) electrons. The molecule has 1 aromatic rings. The van der Waals surface area contributed by atoms with E-state index in [1.54, 1.807) is 0 Å². The number of piperidine rings is 1. The first-order chi connectivity index (χ1) is 9.60. The molecule has 0 amide bonds. The van der Waals surface area contributed by atoms with Crippen molar-refractivity contribution in [3.8, 4) is 0 Å². The van der Waals surface area contributed by atoms with E-state index in [2.05, 4.69) is 67.4 Å². The Kier molecular flexibility index (Phi) is 5.58. The Morgan fingerprint density at radius 1 is 1.25 bits per heavy atom. The molecule has 1 aliphatic heterocycles. The summed E-state index contributed by atoms with van der Waals surface area (Å²) >= 11 is 0. The summed E-state index contributed by atoms with van der Waals surface area (Å²) < 4.78 is 0. The molecule has 1 saturated heterocycles. The van der Waals surface area contributed by atoms with Gasteiger partial charge in [-0.15, -0.1) is 0 Å². The van der Waals surface area contributed by atoms with E-state index in [-0.39, 0.29) is 0 Å². The van der Waals surface area contributed by atoms with Gasteiger partial charge in [-0.05, 0) is 59.6 Å². The fraction of sp³-hybridized carbons (Fsp3) is 0.647. The molecule has 1 atom stereocenters. The van der Waals surface area contributed by atoms with Crippen molar-refractivity contribution < 1.29 is 0 Å². The monoisotopic (exact) mass is 275 g/mol. The molecule has 20 heavy (non-hydrogen) atoms. The van der Waals surface area contributed by atoms with Gasteiger partial charge in [0.25, 0.3) is 0 Å². The second kappa shape index (κ2) is 7.21. The smallest absolute Gasteiger partial charge is 0.0446 e. The molecular formula is C17H29N3. The van der Waals surface area contributed by atoms with Crippen LogP contribution in [0.4, 0.5) is 0 Å². The van der Waals surface area contributed by atoms with Crippen LogP contribution in [0.3, 0.4) is 0 Å². The first-order valence-electron chi connectivity index (χ1n) is 7.72. The fourth-order valence-electron chi connectivity index (χ4n) is 3.03. The van der Waals surface area contributed by atoms with Crippen LogP contribution in [0.15, 0.2) is 24.3 Å². The summed E-state index contributed by atoms with van der Waals surface area (Å²) in [6, 6.07) is 10.1. The summed E-state index contributed by atoms with van der Waals surface area (Å²) in [5.41, 5.74) is 2.71. The summed E-state index contributed by atoms with van der Waals surface area (Å²) in [7, 11) is 6.56. The Balaban J connectivity index is 1.93. The Hall–Kier alpha value is -0.900. The summed E-state index contributed by atoms with van der Waals surface area (Å²) in [6.45, 7) is 5.67. The molecule has 2 rings (SSSR count). The zero-order valence-electron chi connectivity index (χ0n) is 13.4. The third kappa shape index (κ3) is 4.05. The molecule has 0 saturated carbocycles. The van der Waals surface area contributed by atoms with E-state index in [9.17, 15) is 0 Å². The number of nitrogens with one attached hydrogen (secondary N) is 1. The van der Waals surface area contributed by atoms with E-state index in [0.29, 0.717) is 6.04 Å². The topological polar surface area (TPSA) is 18.5 Å². The molecule has 0 bridgehead atoms. The predicted molar refractivity (Wildman–Crippen MR) is 86.1 cm³/mol. The number of hydrogen-bond donors (Lipinski definition) is 1. The number of likely N-dealkylation sites (tertiary alicyclic amines) is 1. The lowest BCUT2D eigenvalue weighted by Crippen LogP contribution is -2.44. The minimum Gasteiger partial charge on any atom is -0.312 e. The summed E-state index contributed by atoms with van der Waals surface area (Å²) in [5, 5.41) is 3.46. The lowest BCUT2D eigenvalue weighted by Gasteiger charge is -2.36. The lowest BCUT2D eigenvalue weighted by atomic mass is 10.0. The molecule has 0 spiro atoms. The minimum atomic E-state index is 0.417. The van der Waals surface area contributed by atoms with Gasteiger partial charge in [0.05, 0.1) is 0 Å². The van der Waals surface area contributed by atoms with Crippen molar-refractivity contribution in [3.05, 3.63) is 35.4 Å². The number of aryl methyl sites for hydroxylation is 1. The Morgan fingerprint density at radius 2 is 1.85 bits per heavy atom. The third-order valence-electron chi connectivity index (χ3n) is 4.61. The average Bonchev–Trinajstić information content (AvgIpc) is 2.46. The van der Waals surface area contributed by atoms with Crippen molar-refractivity contribution in [1.82, 2.24) is 15.1 Å². The molecule has 1 fully saturated rings. The van der Waals surface area contributed by atoms with Gasteiger partial charge in [0, 0.05) is 18.6 Å². The maximum Gasteiger partial charge on any atom is 0.0446 e. The van der Waals surface area contributed by atoms with E-state index in [4.69, 9.17) is 0 Å². The highest BCUT2D eigenvalue weighted by molar-refractivity contribution is 5.24. The Bertz CT molecular complexity index is 393. The maximum atomic E-state index is 3.46. The molecule has 1 aromatic carbocycles. The zero-order valence-corrected chi connectivity index (χ0v) is 13.4. The molecule has 1 N–H and O–H groups in total. The lowest BCUT2D eigenvalue weighted by molar-refractivity contribution is 0.135. The van der Waals surface area contributed by atoms with Crippen LogP contribution in [0.5, 0.6) is 0 Å². The van der Waals surface area contributed by atoms with E-state index in [1.165, 1.54) is 37.1 Å². The maximum absolute atomic E-state index is 3.46. The van der Waals surface area contributed by atoms with E-state index < -0.39 is 0 Å². The highest BCUT2D eigenvalue weighted by atomic mass is 15.2. The molecule has 1 aliphatic rings. The van der Waals surface area contributed by atoms with E-state index >= 15 is 0 Å². The number of benzene rings is 1. The fourth-order valence-corrected chi connectivity index (χ4v) is 3.03. The molecule has 3 nitrogen and oxygen atoms in total. The van der Waals surface area contributed by atoms with Crippen LogP contribution in [-0.2, 0) is 0 Å². The van der Waals surface area contributed by atoms with Gasteiger partial charge in [0.1, 0.15) is 0 Å². The first-order valence-corrected chi connectivity index (χ1v) is 7.72. The summed E-state index contributed by atoms with van der Waals surface area (Å²) in [5.74, 6) is 0. The van der Waals surface area contributed by atoms with Crippen molar-refractivity contribution in [2.75, 3.05) is 40.8 Å². The number of likely N-dealkylation sites (N-methyl/N-ethyl adjacent to an activating group) is 2. The Morgan fingerprint density at radius 3 is 2.40 bits per heavy atom. The largest absolute Gasteiger partial charge is 0.312 e. The molecular weight excluding hydrogens is 246 g/mol. The molecule has 3 heteroatoms. The van der Waals surface area contributed by atoms with Crippen LogP contribution >= 0.6 is 0 Å². The molecule has 0 aliphatic carbocycles. The zero-order chi connectivity index (χ0) is 14.5. The van der Waals surface area contributed by atoms with Crippen LogP contribution in [0.1, 0.15) is 30.0 Å². The van der Waals surface area contributed by atoms with Gasteiger partial charge in [0.15, 0.2) is 0 Å². The van der Waals surface area contributed by atoms with Crippen molar-refractivity contribution in [3.63, 3.8) is 0 Å². The van der Waals surface area contributed by atoms with Crippen LogP contribution in [0, 0.1) is 6.92 Å². The van der Waals surface area contributed by atoms with Crippen molar-refractivity contribution in [2.24, 2.45) is 0 Å². The van der Waals surface area contributed by atoms with Gasteiger partial charge in [-0.2, -0.15) is 0 Å². The van der Waals surface area contributed by atoms with E-state index in [0.717, 1.165) is 12.6 Å².